The van der Waals surface area contributed by atoms with Crippen LogP contribution in [-0.2, 0) is 4.79 Å². The van der Waals surface area contributed by atoms with Crippen molar-refractivity contribution in [1.82, 2.24) is 4.98 Å². The Bertz CT molecular complexity index is 912. The van der Waals surface area contributed by atoms with Gasteiger partial charge in [-0.15, -0.1) is 0 Å². The molecule has 0 saturated carbocycles. The Labute approximate surface area is 125 Å². The van der Waals surface area contributed by atoms with E-state index >= 15 is 0 Å². The van der Waals surface area contributed by atoms with Gasteiger partial charge in [-0.2, -0.15) is 0 Å². The minimum absolute atomic E-state index is 0.0649. The van der Waals surface area contributed by atoms with Gasteiger partial charge in [-0.3, -0.25) is 9.79 Å². The summed E-state index contributed by atoms with van der Waals surface area (Å²) in [5, 5.41) is 3.63. The predicted octanol–water partition coefficient (Wildman–Crippen LogP) is 3.10. The van der Waals surface area contributed by atoms with Crippen LogP contribution in [0, 0.1) is 5.82 Å². The molecule has 0 fully saturated rings. The van der Waals surface area contributed by atoms with E-state index in [0.717, 1.165) is 10.9 Å². The number of rotatable bonds is 1. The molecule has 0 bridgehead atoms. The van der Waals surface area contributed by atoms with Gasteiger partial charge >= 0.3 is 0 Å². The Morgan fingerprint density at radius 1 is 1.09 bits per heavy atom. The largest absolute Gasteiger partial charge is 0.351 e. The van der Waals surface area contributed by atoms with Crippen molar-refractivity contribution in [2.45, 2.75) is 0 Å². The van der Waals surface area contributed by atoms with Crippen molar-refractivity contribution >= 4 is 28.2 Å². The lowest BCUT2D eigenvalue weighted by Gasteiger charge is -2.05. The number of aromatic nitrogens is 1. The minimum atomic E-state index is -0.326. The maximum absolute atomic E-state index is 13.4. The molecule has 0 unspecified atom stereocenters. The van der Waals surface area contributed by atoms with Gasteiger partial charge in [-0.25, -0.2) is 4.39 Å². The number of fused-ring (bicyclic) bond motifs is 3. The van der Waals surface area contributed by atoms with E-state index in [2.05, 4.69) is 15.3 Å². The van der Waals surface area contributed by atoms with Gasteiger partial charge in [0.2, 0.25) is 5.91 Å². The first-order valence-corrected chi connectivity index (χ1v) is 6.94. The van der Waals surface area contributed by atoms with Crippen LogP contribution < -0.4 is 5.32 Å². The number of anilines is 1. The highest BCUT2D eigenvalue weighted by atomic mass is 19.1. The van der Waals surface area contributed by atoms with E-state index in [1.807, 2.05) is 30.3 Å². The highest BCUT2D eigenvalue weighted by Gasteiger charge is 2.22. The molecular weight excluding hydrogens is 281 g/mol. The van der Waals surface area contributed by atoms with Crippen molar-refractivity contribution in [3.63, 3.8) is 0 Å². The number of amides is 1. The number of aromatic amines is 1. The number of nitrogens with zero attached hydrogens (tertiary/aromatic N) is 1. The third-order valence-electron chi connectivity index (χ3n) is 3.69. The lowest BCUT2D eigenvalue weighted by molar-refractivity contribution is -0.114. The molecule has 2 heterocycles. The maximum Gasteiger partial charge on any atom is 0.246 e. The van der Waals surface area contributed by atoms with Crippen LogP contribution >= 0.6 is 0 Å². The molecule has 4 rings (SSSR count). The molecule has 0 saturated heterocycles. The minimum Gasteiger partial charge on any atom is -0.351 e. The van der Waals surface area contributed by atoms with Gasteiger partial charge in [0.05, 0.1) is 22.6 Å². The summed E-state index contributed by atoms with van der Waals surface area (Å²) >= 11 is 0. The molecule has 1 aliphatic rings. The Kier molecular flexibility index (Phi) is 2.79. The van der Waals surface area contributed by atoms with E-state index in [-0.39, 0.29) is 18.3 Å². The molecule has 3 aromatic rings. The molecule has 5 heteroatoms. The highest BCUT2D eigenvalue weighted by molar-refractivity contribution is 6.22. The van der Waals surface area contributed by atoms with E-state index in [4.69, 9.17) is 0 Å². The molecule has 1 aromatic heterocycles. The molecule has 2 aromatic carbocycles. The van der Waals surface area contributed by atoms with Crippen LogP contribution in [0.15, 0.2) is 53.5 Å². The fourth-order valence-corrected chi connectivity index (χ4v) is 2.72. The van der Waals surface area contributed by atoms with Crippen LogP contribution in [0.1, 0.15) is 11.3 Å². The van der Waals surface area contributed by atoms with E-state index in [0.29, 0.717) is 22.6 Å². The predicted molar refractivity (Wildman–Crippen MR) is 83.8 cm³/mol. The van der Waals surface area contributed by atoms with Crippen molar-refractivity contribution in [2.75, 3.05) is 11.9 Å². The van der Waals surface area contributed by atoms with Gasteiger partial charge in [0.25, 0.3) is 0 Å². The number of aliphatic imine (C=N–C) groups is 1. The lowest BCUT2D eigenvalue weighted by atomic mass is 10.1. The Morgan fingerprint density at radius 3 is 2.73 bits per heavy atom. The monoisotopic (exact) mass is 293 g/mol. The molecule has 22 heavy (non-hydrogen) atoms. The normalized spacial score (nSPS) is 14.2. The molecule has 2 N–H and O–H groups in total. The third-order valence-corrected chi connectivity index (χ3v) is 3.69. The van der Waals surface area contributed by atoms with Gasteiger partial charge in [-0.05, 0) is 18.2 Å². The number of carbonyl (C=O) groups is 1. The summed E-state index contributed by atoms with van der Waals surface area (Å²) in [6, 6.07) is 14.1. The summed E-state index contributed by atoms with van der Waals surface area (Å²) in [5.74, 6) is -0.508. The SMILES string of the molecule is O=C1CN=C(c2ccccc2)c2[nH]c3cc(F)ccc3c2N1. The lowest BCUT2D eigenvalue weighted by Crippen LogP contribution is -2.13. The standard InChI is InChI=1S/C17H12FN3O/c18-11-6-7-12-13(8-11)20-17-15(10-4-2-1-3-5-10)19-9-14(22)21-16(12)17/h1-8,20H,9H2,(H,21,22). The zero-order chi connectivity index (χ0) is 15.1. The van der Waals surface area contributed by atoms with Crippen LogP contribution in [0.3, 0.4) is 0 Å². The highest BCUT2D eigenvalue weighted by Crippen LogP contribution is 2.31. The molecule has 108 valence electrons. The van der Waals surface area contributed by atoms with E-state index < -0.39 is 0 Å². The van der Waals surface area contributed by atoms with Gasteiger partial charge in [-0.1, -0.05) is 30.3 Å². The van der Waals surface area contributed by atoms with Crippen molar-refractivity contribution < 1.29 is 9.18 Å². The average Bonchev–Trinajstić information content (AvgIpc) is 2.77. The first kappa shape index (κ1) is 12.8. The molecule has 0 atom stereocenters. The van der Waals surface area contributed by atoms with Gasteiger partial charge in [0.1, 0.15) is 12.4 Å². The molecule has 1 aliphatic heterocycles. The van der Waals surface area contributed by atoms with E-state index in [1.54, 1.807) is 6.07 Å². The Balaban J connectivity index is 2.00. The van der Waals surface area contributed by atoms with Crippen LogP contribution in [0.5, 0.6) is 0 Å². The van der Waals surface area contributed by atoms with Crippen LogP contribution in [0.2, 0.25) is 0 Å². The number of halogens is 1. The summed E-state index contributed by atoms with van der Waals surface area (Å²) in [6.45, 7) is 0.0649. The van der Waals surface area contributed by atoms with Gasteiger partial charge in [0, 0.05) is 10.9 Å². The second-order valence-electron chi connectivity index (χ2n) is 5.14. The number of nitrogens with one attached hydrogen (secondary N) is 2. The molecule has 0 spiro atoms. The van der Waals surface area contributed by atoms with Crippen LogP contribution in [-0.4, -0.2) is 23.1 Å². The topological polar surface area (TPSA) is 57.2 Å². The first-order valence-electron chi connectivity index (χ1n) is 6.94. The fourth-order valence-electron chi connectivity index (χ4n) is 2.72. The average molecular weight is 293 g/mol. The third kappa shape index (κ3) is 1.98. The van der Waals surface area contributed by atoms with E-state index in [1.165, 1.54) is 12.1 Å². The smallest absolute Gasteiger partial charge is 0.246 e. The second-order valence-corrected chi connectivity index (χ2v) is 5.14. The summed E-state index contributed by atoms with van der Waals surface area (Å²) in [4.78, 5) is 19.5. The second kappa shape index (κ2) is 4.80. The van der Waals surface area contributed by atoms with E-state index in [9.17, 15) is 9.18 Å². The Hall–Kier alpha value is -2.95. The molecule has 4 nitrogen and oxygen atoms in total. The molecule has 0 aliphatic carbocycles. The van der Waals surface area contributed by atoms with Crippen molar-refractivity contribution in [3.8, 4) is 0 Å². The Morgan fingerprint density at radius 2 is 1.91 bits per heavy atom. The first-order chi connectivity index (χ1) is 10.7. The van der Waals surface area contributed by atoms with Crippen LogP contribution in [0.4, 0.5) is 10.1 Å². The molecular formula is C17H12FN3O. The summed E-state index contributed by atoms with van der Waals surface area (Å²) in [7, 11) is 0. The summed E-state index contributed by atoms with van der Waals surface area (Å²) in [5.41, 5.74) is 3.60. The number of carbonyl (C=O) groups excluding carboxylic acids is 1. The number of hydrogen-bond donors (Lipinski definition) is 2. The van der Waals surface area contributed by atoms with Crippen molar-refractivity contribution in [2.24, 2.45) is 4.99 Å². The molecule has 1 amide bonds. The summed E-state index contributed by atoms with van der Waals surface area (Å²) in [6.07, 6.45) is 0. The molecule has 0 radical (unpaired) electrons. The number of benzene rings is 2. The van der Waals surface area contributed by atoms with Gasteiger partial charge in [0.15, 0.2) is 0 Å². The maximum atomic E-state index is 13.4. The number of hydrogen-bond acceptors (Lipinski definition) is 2. The van der Waals surface area contributed by atoms with Crippen molar-refractivity contribution in [1.29, 1.82) is 0 Å². The fraction of sp³-hybridized carbons (Fsp3) is 0.0588. The summed E-state index contributed by atoms with van der Waals surface area (Å²) < 4.78 is 13.4. The van der Waals surface area contributed by atoms with Crippen molar-refractivity contribution in [3.05, 3.63) is 65.6 Å². The van der Waals surface area contributed by atoms with Gasteiger partial charge < -0.3 is 10.3 Å². The zero-order valence-electron chi connectivity index (χ0n) is 11.6. The van der Waals surface area contributed by atoms with Crippen LogP contribution in [0.25, 0.3) is 10.9 Å². The number of H-pyrrole nitrogens is 1. The zero-order valence-corrected chi connectivity index (χ0v) is 11.6. The quantitative estimate of drug-likeness (QED) is 0.711.